The number of nitrogens with zero attached hydrogens (tertiary/aromatic N) is 3. The average Bonchev–Trinajstić information content (AvgIpc) is 2.99. The topological polar surface area (TPSA) is 92.9 Å². The molecule has 0 fully saturated rings. The second-order valence-electron chi connectivity index (χ2n) is 6.33. The van der Waals surface area contributed by atoms with Crippen molar-refractivity contribution in [2.45, 2.75) is 33.6 Å². The fraction of sp³-hybridized carbons (Fsp3) is 0.263. The van der Waals surface area contributed by atoms with Crippen molar-refractivity contribution in [2.24, 2.45) is 0 Å². The Balaban J connectivity index is 1.85. The van der Waals surface area contributed by atoms with Crippen LogP contribution < -0.4 is 10.6 Å². The lowest BCUT2D eigenvalue weighted by atomic mass is 10.0. The summed E-state index contributed by atoms with van der Waals surface area (Å²) in [6.45, 7) is 7.76. The monoisotopic (exact) mass is 351 g/mol. The molecule has 0 radical (unpaired) electrons. The molecule has 0 saturated heterocycles. The molecular formula is C19H21N5O2. The van der Waals surface area contributed by atoms with Gasteiger partial charge in [0.25, 0.3) is 5.91 Å². The van der Waals surface area contributed by atoms with E-state index in [0.717, 1.165) is 5.69 Å². The molecule has 0 bridgehead atoms. The molecule has 7 nitrogen and oxygen atoms in total. The molecular weight excluding hydrogens is 330 g/mol. The first-order chi connectivity index (χ1) is 12.4. The maximum absolute atomic E-state index is 12.4. The molecule has 0 unspecified atom stereocenters. The van der Waals surface area contributed by atoms with Crippen molar-refractivity contribution in [2.75, 3.05) is 10.6 Å². The number of hydrogen-bond acceptors (Lipinski definition) is 6. The fourth-order valence-electron chi connectivity index (χ4n) is 2.61. The van der Waals surface area contributed by atoms with E-state index in [-0.39, 0.29) is 11.6 Å². The van der Waals surface area contributed by atoms with Crippen molar-refractivity contribution in [3.8, 4) is 0 Å². The lowest BCUT2D eigenvalue weighted by Gasteiger charge is -2.14. The standard InChI is InChI=1S/C19H21N5O2/c1-11(2)14-7-5-6-8-15(14)22-17-10-16(20-13(4)21-17)19(25)23-18-9-12(3)26-24-18/h5-11H,1-4H3,(H,20,21,22)(H,23,24,25). The minimum Gasteiger partial charge on any atom is -0.360 e. The Hall–Kier alpha value is -3.22. The van der Waals surface area contributed by atoms with Crippen LogP contribution in [0.5, 0.6) is 0 Å². The summed E-state index contributed by atoms with van der Waals surface area (Å²) in [6.07, 6.45) is 0. The minimum atomic E-state index is -0.371. The molecule has 0 aliphatic heterocycles. The normalized spacial score (nSPS) is 10.8. The van der Waals surface area contributed by atoms with Crippen molar-refractivity contribution >= 4 is 23.2 Å². The summed E-state index contributed by atoms with van der Waals surface area (Å²) in [4.78, 5) is 21.0. The van der Waals surface area contributed by atoms with Crippen molar-refractivity contribution < 1.29 is 9.32 Å². The average molecular weight is 351 g/mol. The van der Waals surface area contributed by atoms with E-state index >= 15 is 0 Å². The van der Waals surface area contributed by atoms with Gasteiger partial charge in [0.15, 0.2) is 5.82 Å². The molecule has 0 aliphatic carbocycles. The van der Waals surface area contributed by atoms with Crippen LogP contribution in [0.4, 0.5) is 17.3 Å². The second-order valence-corrected chi connectivity index (χ2v) is 6.33. The number of aromatic nitrogens is 3. The number of carbonyl (C=O) groups excluding carboxylic acids is 1. The maximum Gasteiger partial charge on any atom is 0.275 e. The summed E-state index contributed by atoms with van der Waals surface area (Å²) >= 11 is 0. The first kappa shape index (κ1) is 17.6. The van der Waals surface area contributed by atoms with Crippen LogP contribution in [0.15, 0.2) is 40.9 Å². The quantitative estimate of drug-likeness (QED) is 0.715. The molecule has 3 rings (SSSR count). The molecule has 3 aromatic rings. The second kappa shape index (κ2) is 7.35. The van der Waals surface area contributed by atoms with Crippen LogP contribution in [0.25, 0.3) is 0 Å². The van der Waals surface area contributed by atoms with Gasteiger partial charge in [0.05, 0.1) is 0 Å². The van der Waals surface area contributed by atoms with Crippen molar-refractivity contribution in [3.05, 3.63) is 59.2 Å². The van der Waals surface area contributed by atoms with Gasteiger partial charge in [-0.25, -0.2) is 9.97 Å². The van der Waals surface area contributed by atoms with Crippen LogP contribution in [-0.2, 0) is 0 Å². The molecule has 1 amide bonds. The van der Waals surface area contributed by atoms with Crippen LogP contribution in [0, 0.1) is 13.8 Å². The van der Waals surface area contributed by atoms with Crippen LogP contribution in [0.2, 0.25) is 0 Å². The number of benzene rings is 1. The lowest BCUT2D eigenvalue weighted by molar-refractivity contribution is 0.102. The van der Waals surface area contributed by atoms with Gasteiger partial charge in [0.2, 0.25) is 0 Å². The third-order valence-electron chi connectivity index (χ3n) is 3.79. The molecule has 7 heteroatoms. The van der Waals surface area contributed by atoms with Gasteiger partial charge in [-0.15, -0.1) is 0 Å². The zero-order chi connectivity index (χ0) is 18.7. The van der Waals surface area contributed by atoms with Gasteiger partial charge < -0.3 is 15.2 Å². The summed E-state index contributed by atoms with van der Waals surface area (Å²) in [5.74, 6) is 2.02. The van der Waals surface area contributed by atoms with Crippen LogP contribution in [0.1, 0.15) is 47.4 Å². The van der Waals surface area contributed by atoms with E-state index in [9.17, 15) is 4.79 Å². The molecule has 0 saturated carbocycles. The van der Waals surface area contributed by atoms with Crippen molar-refractivity contribution in [1.29, 1.82) is 0 Å². The van der Waals surface area contributed by atoms with Gasteiger partial charge in [-0.05, 0) is 31.4 Å². The Morgan fingerprint density at radius 3 is 2.54 bits per heavy atom. The number of anilines is 3. The highest BCUT2D eigenvalue weighted by molar-refractivity contribution is 6.02. The lowest BCUT2D eigenvalue weighted by Crippen LogP contribution is -2.15. The van der Waals surface area contributed by atoms with Gasteiger partial charge in [-0.1, -0.05) is 37.2 Å². The molecule has 2 aromatic heterocycles. The molecule has 0 aliphatic rings. The van der Waals surface area contributed by atoms with Crippen LogP contribution in [-0.4, -0.2) is 21.0 Å². The predicted molar refractivity (Wildman–Crippen MR) is 99.8 cm³/mol. The summed E-state index contributed by atoms with van der Waals surface area (Å²) in [5, 5.41) is 9.72. The molecule has 0 atom stereocenters. The minimum absolute atomic E-state index is 0.252. The van der Waals surface area contributed by atoms with E-state index < -0.39 is 0 Å². The van der Waals surface area contributed by atoms with Crippen LogP contribution >= 0.6 is 0 Å². The summed E-state index contributed by atoms with van der Waals surface area (Å²) in [5.41, 5.74) is 2.38. The third kappa shape index (κ3) is 4.05. The van der Waals surface area contributed by atoms with Gasteiger partial charge in [-0.3, -0.25) is 4.79 Å². The zero-order valence-electron chi connectivity index (χ0n) is 15.2. The van der Waals surface area contributed by atoms with Gasteiger partial charge in [0.1, 0.15) is 23.1 Å². The maximum atomic E-state index is 12.4. The number of amides is 1. The van der Waals surface area contributed by atoms with Crippen LogP contribution in [0.3, 0.4) is 0 Å². The number of aryl methyl sites for hydroxylation is 2. The molecule has 1 aromatic carbocycles. The highest BCUT2D eigenvalue weighted by Gasteiger charge is 2.14. The van der Waals surface area contributed by atoms with E-state index in [4.69, 9.17) is 4.52 Å². The van der Waals surface area contributed by atoms with Gasteiger partial charge in [0, 0.05) is 17.8 Å². The Morgan fingerprint density at radius 1 is 1.08 bits per heavy atom. The number of para-hydroxylation sites is 1. The predicted octanol–water partition coefficient (Wildman–Crippen LogP) is 4.20. The number of carbonyl (C=O) groups is 1. The van der Waals surface area contributed by atoms with Crippen molar-refractivity contribution in [3.63, 3.8) is 0 Å². The van der Waals surface area contributed by atoms with Gasteiger partial charge >= 0.3 is 0 Å². The molecule has 0 spiro atoms. The molecule has 26 heavy (non-hydrogen) atoms. The van der Waals surface area contributed by atoms with E-state index in [1.165, 1.54) is 5.56 Å². The number of nitrogens with one attached hydrogen (secondary N) is 2. The number of rotatable bonds is 5. The van der Waals surface area contributed by atoms with E-state index in [1.54, 1.807) is 26.0 Å². The van der Waals surface area contributed by atoms with Crippen molar-refractivity contribution in [1.82, 2.24) is 15.1 Å². The molecule has 134 valence electrons. The molecule has 2 N–H and O–H groups in total. The third-order valence-corrected chi connectivity index (χ3v) is 3.79. The Kier molecular flexibility index (Phi) is 4.97. The fourth-order valence-corrected chi connectivity index (χ4v) is 2.61. The van der Waals surface area contributed by atoms with Gasteiger partial charge in [-0.2, -0.15) is 0 Å². The van der Waals surface area contributed by atoms with E-state index in [2.05, 4.69) is 45.7 Å². The summed E-state index contributed by atoms with van der Waals surface area (Å²) in [7, 11) is 0. The first-order valence-electron chi connectivity index (χ1n) is 8.38. The SMILES string of the molecule is Cc1nc(Nc2ccccc2C(C)C)cc(C(=O)Nc2cc(C)on2)n1. The van der Waals surface area contributed by atoms with E-state index in [0.29, 0.717) is 29.1 Å². The highest BCUT2D eigenvalue weighted by Crippen LogP contribution is 2.26. The summed E-state index contributed by atoms with van der Waals surface area (Å²) < 4.78 is 4.95. The Labute approximate surface area is 151 Å². The zero-order valence-corrected chi connectivity index (χ0v) is 15.2. The Bertz CT molecular complexity index is 933. The van der Waals surface area contributed by atoms with E-state index in [1.807, 2.05) is 18.2 Å². The smallest absolute Gasteiger partial charge is 0.275 e. The summed E-state index contributed by atoms with van der Waals surface area (Å²) in [6, 6.07) is 11.3. The first-order valence-corrected chi connectivity index (χ1v) is 8.38. The number of hydrogen-bond donors (Lipinski definition) is 2. The highest BCUT2D eigenvalue weighted by atomic mass is 16.5. The Morgan fingerprint density at radius 2 is 1.85 bits per heavy atom. The largest absolute Gasteiger partial charge is 0.360 e. The molecule has 2 heterocycles.